The third-order valence-corrected chi connectivity index (χ3v) is 5.64. The molecule has 1 atom stereocenters. The Morgan fingerprint density at radius 2 is 1.67 bits per heavy atom. The van der Waals surface area contributed by atoms with Crippen molar-refractivity contribution in [3.05, 3.63) is 64.2 Å². The van der Waals surface area contributed by atoms with Crippen molar-refractivity contribution in [3.63, 3.8) is 0 Å². The van der Waals surface area contributed by atoms with Crippen LogP contribution in [0.5, 0.6) is 0 Å². The Hall–Kier alpha value is -2.95. The number of nitrogens with zero attached hydrogens (tertiary/aromatic N) is 1. The first kappa shape index (κ1) is 21.8. The molecule has 5 nitrogen and oxygen atoms in total. The molecule has 2 amide bonds. The molecule has 0 bridgehead atoms. The van der Waals surface area contributed by atoms with E-state index in [2.05, 4.69) is 6.92 Å². The predicted molar refractivity (Wildman–Crippen MR) is 117 cm³/mol. The van der Waals surface area contributed by atoms with Crippen molar-refractivity contribution in [3.8, 4) is 0 Å². The van der Waals surface area contributed by atoms with Crippen LogP contribution in [0.1, 0.15) is 88.2 Å². The molecule has 1 heterocycles. The van der Waals surface area contributed by atoms with E-state index in [-0.39, 0.29) is 23.1 Å². The minimum atomic E-state index is -0.467. The number of imide groups is 1. The molecule has 3 rings (SSSR count). The topological polar surface area (TPSA) is 63.7 Å². The largest absolute Gasteiger partial charge is 0.459 e. The number of carbonyl (C=O) groups is 3. The SMILES string of the molecule is CCCCCCC(C)OC(=O)c1ccc2c(c1)C(=O)N(c1ccc(C)c(C)c1)C2=O. The number of hydrogen-bond donors (Lipinski definition) is 0. The molecule has 0 radical (unpaired) electrons. The second kappa shape index (κ2) is 9.24. The summed E-state index contributed by atoms with van der Waals surface area (Å²) < 4.78 is 5.53. The third kappa shape index (κ3) is 4.45. The van der Waals surface area contributed by atoms with Gasteiger partial charge in [-0.05, 0) is 75.1 Å². The third-order valence-electron chi connectivity index (χ3n) is 5.64. The van der Waals surface area contributed by atoms with Gasteiger partial charge in [0.15, 0.2) is 0 Å². The molecule has 2 aromatic carbocycles. The van der Waals surface area contributed by atoms with Gasteiger partial charge in [-0.15, -0.1) is 0 Å². The van der Waals surface area contributed by atoms with E-state index in [1.165, 1.54) is 17.4 Å². The Morgan fingerprint density at radius 1 is 0.933 bits per heavy atom. The fourth-order valence-electron chi connectivity index (χ4n) is 3.64. The van der Waals surface area contributed by atoms with Crippen molar-refractivity contribution < 1.29 is 19.1 Å². The zero-order chi connectivity index (χ0) is 21.8. The summed E-state index contributed by atoms with van der Waals surface area (Å²) in [7, 11) is 0. The number of esters is 1. The summed E-state index contributed by atoms with van der Waals surface area (Å²) in [5, 5.41) is 0. The van der Waals surface area contributed by atoms with Gasteiger partial charge in [0.1, 0.15) is 0 Å². The summed E-state index contributed by atoms with van der Waals surface area (Å²) in [6.45, 7) is 7.95. The van der Waals surface area contributed by atoms with Crippen molar-refractivity contribution in [1.82, 2.24) is 0 Å². The fraction of sp³-hybridized carbons (Fsp3) is 0.400. The van der Waals surface area contributed by atoms with Crippen LogP contribution in [0.25, 0.3) is 0 Å². The van der Waals surface area contributed by atoms with Crippen molar-refractivity contribution in [1.29, 1.82) is 0 Å². The van der Waals surface area contributed by atoms with Gasteiger partial charge < -0.3 is 4.74 Å². The van der Waals surface area contributed by atoms with Crippen LogP contribution in [-0.4, -0.2) is 23.9 Å². The minimum absolute atomic E-state index is 0.188. The van der Waals surface area contributed by atoms with Gasteiger partial charge >= 0.3 is 5.97 Å². The van der Waals surface area contributed by atoms with E-state index in [0.29, 0.717) is 11.3 Å². The molecule has 0 aliphatic carbocycles. The molecular formula is C25H29NO4. The van der Waals surface area contributed by atoms with Crippen molar-refractivity contribution in [2.45, 2.75) is 65.9 Å². The lowest BCUT2D eigenvalue weighted by molar-refractivity contribution is 0.0319. The number of amides is 2. The number of unbranched alkanes of at least 4 members (excludes halogenated alkanes) is 3. The summed E-state index contributed by atoms with van der Waals surface area (Å²) in [6, 6.07) is 10.0. The summed E-state index contributed by atoms with van der Waals surface area (Å²) >= 11 is 0. The lowest BCUT2D eigenvalue weighted by Crippen LogP contribution is -2.29. The average Bonchev–Trinajstić information content (AvgIpc) is 2.97. The molecule has 1 aliphatic heterocycles. The fourth-order valence-corrected chi connectivity index (χ4v) is 3.64. The van der Waals surface area contributed by atoms with Gasteiger partial charge in [0.2, 0.25) is 0 Å². The highest BCUT2D eigenvalue weighted by molar-refractivity contribution is 6.34. The lowest BCUT2D eigenvalue weighted by atomic mass is 10.1. The maximum absolute atomic E-state index is 13.0. The minimum Gasteiger partial charge on any atom is -0.459 e. The first-order chi connectivity index (χ1) is 14.3. The van der Waals surface area contributed by atoms with Crippen molar-refractivity contribution in [2.75, 3.05) is 4.90 Å². The Kier molecular flexibility index (Phi) is 6.70. The number of rotatable bonds is 8. The van der Waals surface area contributed by atoms with E-state index in [9.17, 15) is 14.4 Å². The molecule has 2 aromatic rings. The zero-order valence-electron chi connectivity index (χ0n) is 18.2. The molecule has 158 valence electrons. The zero-order valence-corrected chi connectivity index (χ0v) is 18.2. The first-order valence-electron chi connectivity index (χ1n) is 10.6. The number of carbonyl (C=O) groups excluding carboxylic acids is 3. The number of hydrogen-bond acceptors (Lipinski definition) is 4. The lowest BCUT2D eigenvalue weighted by Gasteiger charge is -2.15. The smallest absolute Gasteiger partial charge is 0.338 e. The van der Waals surface area contributed by atoms with Crippen LogP contribution in [0.3, 0.4) is 0 Å². The highest BCUT2D eigenvalue weighted by atomic mass is 16.5. The molecule has 5 heteroatoms. The van der Waals surface area contributed by atoms with Gasteiger partial charge in [0, 0.05) is 0 Å². The normalized spacial score (nSPS) is 14.1. The molecular weight excluding hydrogens is 378 g/mol. The van der Waals surface area contributed by atoms with Crippen LogP contribution < -0.4 is 4.90 Å². The van der Waals surface area contributed by atoms with Gasteiger partial charge in [-0.3, -0.25) is 9.59 Å². The molecule has 30 heavy (non-hydrogen) atoms. The van der Waals surface area contributed by atoms with E-state index in [0.717, 1.165) is 36.8 Å². The van der Waals surface area contributed by atoms with Crippen molar-refractivity contribution >= 4 is 23.5 Å². The molecule has 0 saturated carbocycles. The predicted octanol–water partition coefficient (Wildman–Crippen LogP) is 5.62. The maximum atomic E-state index is 13.0. The van der Waals surface area contributed by atoms with E-state index < -0.39 is 11.9 Å². The van der Waals surface area contributed by atoms with Crippen LogP contribution in [-0.2, 0) is 4.74 Å². The Labute approximate surface area is 178 Å². The quantitative estimate of drug-likeness (QED) is 0.324. The highest BCUT2D eigenvalue weighted by Gasteiger charge is 2.37. The monoisotopic (exact) mass is 407 g/mol. The number of benzene rings is 2. The Balaban J connectivity index is 1.75. The summed E-state index contributed by atoms with van der Waals surface area (Å²) in [5.74, 6) is -1.26. The molecule has 1 aliphatic rings. The van der Waals surface area contributed by atoms with Gasteiger partial charge in [-0.1, -0.05) is 32.3 Å². The standard InChI is InChI=1S/C25H29NO4/c1-5-6-7-8-9-18(4)30-25(29)19-11-13-21-22(15-19)24(28)26(23(21)27)20-12-10-16(2)17(3)14-20/h10-15,18H,5-9H2,1-4H3. The number of fused-ring (bicyclic) bond motifs is 1. The Morgan fingerprint density at radius 3 is 2.37 bits per heavy atom. The number of ether oxygens (including phenoxy) is 1. The molecule has 0 spiro atoms. The van der Waals surface area contributed by atoms with Crippen LogP contribution in [0.2, 0.25) is 0 Å². The number of aryl methyl sites for hydroxylation is 2. The average molecular weight is 408 g/mol. The summed E-state index contributed by atoms with van der Waals surface area (Å²) in [4.78, 5) is 39.5. The molecule has 1 unspecified atom stereocenters. The van der Waals surface area contributed by atoms with Gasteiger partial charge in [0.25, 0.3) is 11.8 Å². The number of anilines is 1. The van der Waals surface area contributed by atoms with Gasteiger partial charge in [0.05, 0.1) is 28.5 Å². The maximum Gasteiger partial charge on any atom is 0.338 e. The molecule has 0 aromatic heterocycles. The summed E-state index contributed by atoms with van der Waals surface area (Å²) in [6.07, 6.45) is 5.11. The first-order valence-corrected chi connectivity index (χ1v) is 10.6. The van der Waals surface area contributed by atoms with E-state index in [1.807, 2.05) is 32.9 Å². The van der Waals surface area contributed by atoms with Crippen LogP contribution >= 0.6 is 0 Å². The molecule has 0 fully saturated rings. The molecule has 0 saturated heterocycles. The summed E-state index contributed by atoms with van der Waals surface area (Å²) in [5.41, 5.74) is 3.46. The van der Waals surface area contributed by atoms with Gasteiger partial charge in [-0.2, -0.15) is 0 Å². The Bertz CT molecular complexity index is 979. The van der Waals surface area contributed by atoms with Crippen molar-refractivity contribution in [2.24, 2.45) is 0 Å². The van der Waals surface area contributed by atoms with Crippen LogP contribution in [0.4, 0.5) is 5.69 Å². The molecule has 0 N–H and O–H groups in total. The van der Waals surface area contributed by atoms with E-state index in [1.54, 1.807) is 18.2 Å². The second-order valence-electron chi connectivity index (χ2n) is 8.04. The highest BCUT2D eigenvalue weighted by Crippen LogP contribution is 2.30. The van der Waals surface area contributed by atoms with Crippen LogP contribution in [0, 0.1) is 13.8 Å². The second-order valence-corrected chi connectivity index (χ2v) is 8.04. The van der Waals surface area contributed by atoms with Gasteiger partial charge in [-0.25, -0.2) is 9.69 Å². The van der Waals surface area contributed by atoms with E-state index >= 15 is 0 Å². The van der Waals surface area contributed by atoms with Crippen LogP contribution in [0.15, 0.2) is 36.4 Å². The van der Waals surface area contributed by atoms with E-state index in [4.69, 9.17) is 4.74 Å².